The molecule has 0 aliphatic carbocycles. The maximum atomic E-state index is 12.5. The zero-order chi connectivity index (χ0) is 60.6. The maximum Gasteiger partial charge on any atom is 0.305 e. The van der Waals surface area contributed by atoms with E-state index in [-0.39, 0.29) is 18.5 Å². The average Bonchev–Trinajstić information content (AvgIpc) is 3.51. The molecule has 0 aromatic rings. The van der Waals surface area contributed by atoms with E-state index in [9.17, 15) is 19.8 Å². The van der Waals surface area contributed by atoms with E-state index in [1.54, 1.807) is 6.08 Å². The Kier molecular flexibility index (Phi) is 71.9. The Labute approximate surface area is 525 Å². The standard InChI is InChI=1S/C78H149NO5/c1-3-5-7-9-11-13-15-17-19-21-35-40-44-48-52-56-60-64-68-72-78(83)84-73-69-65-61-57-53-49-45-41-37-34-32-30-28-26-24-22-23-25-27-29-31-33-36-39-43-47-51-55-59-63-67-71-77(82)79-75(74-80)76(81)70-66-62-58-54-50-46-42-38-20-18-16-14-12-10-8-6-4-2/h17,19,24,26,66,70,75-76,80-81H,3-16,18,20-23,25,27-65,67-69,71-74H2,1-2H3,(H,79,82)/b19-17-,26-24-,70-66+. The van der Waals surface area contributed by atoms with Crippen LogP contribution < -0.4 is 5.32 Å². The minimum atomic E-state index is -0.843. The van der Waals surface area contributed by atoms with Gasteiger partial charge < -0.3 is 20.3 Å². The van der Waals surface area contributed by atoms with Gasteiger partial charge in [0, 0.05) is 12.8 Å². The Morgan fingerprint density at radius 3 is 0.845 bits per heavy atom. The molecule has 0 spiro atoms. The van der Waals surface area contributed by atoms with Crippen molar-refractivity contribution in [1.29, 1.82) is 0 Å². The molecule has 0 aromatic carbocycles. The summed E-state index contributed by atoms with van der Waals surface area (Å²) in [5, 5.41) is 23.2. The van der Waals surface area contributed by atoms with Gasteiger partial charge >= 0.3 is 5.97 Å². The number of allylic oxidation sites excluding steroid dienone is 5. The van der Waals surface area contributed by atoms with Crippen molar-refractivity contribution in [2.45, 2.75) is 437 Å². The molecule has 0 radical (unpaired) electrons. The molecule has 3 N–H and O–H groups in total. The summed E-state index contributed by atoms with van der Waals surface area (Å²) < 4.78 is 5.51. The molecule has 2 unspecified atom stereocenters. The molecule has 0 saturated carbocycles. The van der Waals surface area contributed by atoms with Crippen LogP contribution in [0.2, 0.25) is 0 Å². The molecule has 0 bridgehead atoms. The third kappa shape index (κ3) is 69.2. The molecule has 1 amide bonds. The first-order chi connectivity index (χ1) is 41.5. The number of hydrogen-bond acceptors (Lipinski definition) is 5. The number of esters is 1. The summed E-state index contributed by atoms with van der Waals surface area (Å²) >= 11 is 0. The molecular formula is C78H149NO5. The summed E-state index contributed by atoms with van der Waals surface area (Å²) in [6.45, 7) is 4.94. The van der Waals surface area contributed by atoms with Crippen LogP contribution >= 0.6 is 0 Å². The second-order valence-corrected chi connectivity index (χ2v) is 26.3. The first-order valence-electron chi connectivity index (χ1n) is 38.3. The highest BCUT2D eigenvalue weighted by Crippen LogP contribution is 2.19. The number of carbonyl (C=O) groups is 2. The van der Waals surface area contributed by atoms with Gasteiger partial charge in [-0.2, -0.15) is 0 Å². The number of aliphatic hydroxyl groups excluding tert-OH is 2. The van der Waals surface area contributed by atoms with Crippen molar-refractivity contribution in [2.24, 2.45) is 0 Å². The van der Waals surface area contributed by atoms with E-state index in [2.05, 4.69) is 43.5 Å². The highest BCUT2D eigenvalue weighted by molar-refractivity contribution is 5.76. The quantitative estimate of drug-likeness (QED) is 0.0320. The number of aliphatic hydroxyl groups is 2. The van der Waals surface area contributed by atoms with Crippen molar-refractivity contribution >= 4 is 11.9 Å². The van der Waals surface area contributed by atoms with Crippen molar-refractivity contribution in [3.05, 3.63) is 36.5 Å². The van der Waals surface area contributed by atoms with Gasteiger partial charge in [0.15, 0.2) is 0 Å². The minimum Gasteiger partial charge on any atom is -0.466 e. The summed E-state index contributed by atoms with van der Waals surface area (Å²) in [6, 6.07) is -0.627. The Bertz CT molecular complexity index is 1360. The lowest BCUT2D eigenvalue weighted by Gasteiger charge is -2.20. The molecule has 0 rings (SSSR count). The van der Waals surface area contributed by atoms with Gasteiger partial charge in [0.1, 0.15) is 0 Å². The summed E-state index contributed by atoms with van der Waals surface area (Å²) in [5.74, 6) is -0.0451. The molecule has 0 fully saturated rings. The first kappa shape index (κ1) is 82.1. The van der Waals surface area contributed by atoms with Crippen molar-refractivity contribution in [3.8, 4) is 0 Å². The predicted molar refractivity (Wildman–Crippen MR) is 370 cm³/mol. The monoisotopic (exact) mass is 1180 g/mol. The fourth-order valence-electron chi connectivity index (χ4n) is 12.0. The predicted octanol–water partition coefficient (Wildman–Crippen LogP) is 25.0. The number of ether oxygens (including phenoxy) is 1. The van der Waals surface area contributed by atoms with E-state index >= 15 is 0 Å². The van der Waals surface area contributed by atoms with E-state index in [1.807, 2.05) is 6.08 Å². The summed E-state index contributed by atoms with van der Waals surface area (Å²) in [4.78, 5) is 24.6. The largest absolute Gasteiger partial charge is 0.466 e. The van der Waals surface area contributed by atoms with Crippen LogP contribution in [0.15, 0.2) is 36.5 Å². The van der Waals surface area contributed by atoms with Crippen LogP contribution in [0.4, 0.5) is 0 Å². The lowest BCUT2D eigenvalue weighted by atomic mass is 10.0. The van der Waals surface area contributed by atoms with Crippen LogP contribution in [-0.4, -0.2) is 47.4 Å². The zero-order valence-electron chi connectivity index (χ0n) is 56.9. The lowest BCUT2D eigenvalue weighted by molar-refractivity contribution is -0.143. The van der Waals surface area contributed by atoms with Crippen molar-refractivity contribution in [2.75, 3.05) is 13.2 Å². The highest BCUT2D eigenvalue weighted by atomic mass is 16.5. The molecular weight excluding hydrogens is 1030 g/mol. The average molecular weight is 1180 g/mol. The van der Waals surface area contributed by atoms with E-state index in [0.717, 1.165) is 38.5 Å². The number of carbonyl (C=O) groups excluding carboxylic acids is 2. The Balaban J connectivity index is 3.36. The topological polar surface area (TPSA) is 95.9 Å². The van der Waals surface area contributed by atoms with Gasteiger partial charge in [-0.3, -0.25) is 9.59 Å². The SMILES string of the molecule is CCCCCCCC/C=C\CCCCCCCCCCCC(=O)OCCCCCCCCCCCCCC/C=C\CCCCCCCCCCCCCCCCCC(=O)NC(CO)C(O)/C=C/CCCCCCCCCCCCCCCCC. The zero-order valence-corrected chi connectivity index (χ0v) is 56.9. The molecule has 0 aromatic heterocycles. The van der Waals surface area contributed by atoms with Gasteiger partial charge in [-0.1, -0.05) is 365 Å². The Morgan fingerprint density at radius 2 is 0.560 bits per heavy atom. The van der Waals surface area contributed by atoms with Crippen LogP contribution in [0, 0.1) is 0 Å². The highest BCUT2D eigenvalue weighted by Gasteiger charge is 2.18. The van der Waals surface area contributed by atoms with Crippen LogP contribution in [-0.2, 0) is 14.3 Å². The lowest BCUT2D eigenvalue weighted by Crippen LogP contribution is -2.45. The second-order valence-electron chi connectivity index (χ2n) is 26.3. The smallest absolute Gasteiger partial charge is 0.305 e. The van der Waals surface area contributed by atoms with Crippen molar-refractivity contribution in [1.82, 2.24) is 5.32 Å². The van der Waals surface area contributed by atoms with Crippen molar-refractivity contribution in [3.63, 3.8) is 0 Å². The van der Waals surface area contributed by atoms with Gasteiger partial charge in [0.05, 0.1) is 25.4 Å². The van der Waals surface area contributed by atoms with E-state index in [1.165, 1.54) is 360 Å². The third-order valence-electron chi connectivity index (χ3n) is 17.9. The number of nitrogens with one attached hydrogen (secondary N) is 1. The molecule has 0 aliphatic rings. The molecule has 0 saturated heterocycles. The third-order valence-corrected chi connectivity index (χ3v) is 17.9. The maximum absolute atomic E-state index is 12.5. The van der Waals surface area contributed by atoms with Crippen LogP contribution in [0.3, 0.4) is 0 Å². The molecule has 84 heavy (non-hydrogen) atoms. The molecule has 6 heteroatoms. The molecule has 2 atom stereocenters. The number of unbranched alkanes of at least 4 members (excludes halogenated alkanes) is 57. The van der Waals surface area contributed by atoms with Crippen LogP contribution in [0.1, 0.15) is 425 Å². The fourth-order valence-corrected chi connectivity index (χ4v) is 12.0. The summed E-state index contributed by atoms with van der Waals surface area (Å²) in [5.41, 5.74) is 0. The summed E-state index contributed by atoms with van der Waals surface area (Å²) in [6.07, 6.45) is 95.4. The number of amides is 1. The Morgan fingerprint density at radius 1 is 0.321 bits per heavy atom. The van der Waals surface area contributed by atoms with E-state index in [0.29, 0.717) is 19.4 Å². The fraction of sp³-hybridized carbons (Fsp3) is 0.897. The van der Waals surface area contributed by atoms with Gasteiger partial charge in [-0.25, -0.2) is 0 Å². The molecule has 496 valence electrons. The normalized spacial score (nSPS) is 12.7. The summed E-state index contributed by atoms with van der Waals surface area (Å²) in [7, 11) is 0. The first-order valence-corrected chi connectivity index (χ1v) is 38.3. The molecule has 6 nitrogen and oxygen atoms in total. The van der Waals surface area contributed by atoms with Crippen LogP contribution in [0.5, 0.6) is 0 Å². The molecule has 0 heterocycles. The van der Waals surface area contributed by atoms with Crippen LogP contribution in [0.25, 0.3) is 0 Å². The van der Waals surface area contributed by atoms with Gasteiger partial charge in [0.2, 0.25) is 5.91 Å². The van der Waals surface area contributed by atoms with E-state index < -0.39 is 12.1 Å². The number of rotatable bonds is 72. The van der Waals surface area contributed by atoms with Gasteiger partial charge in [-0.05, 0) is 83.5 Å². The minimum absolute atomic E-state index is 0.0176. The van der Waals surface area contributed by atoms with Gasteiger partial charge in [0.25, 0.3) is 0 Å². The van der Waals surface area contributed by atoms with Gasteiger partial charge in [-0.15, -0.1) is 0 Å². The number of hydrogen-bond donors (Lipinski definition) is 3. The second kappa shape index (κ2) is 73.5. The van der Waals surface area contributed by atoms with Crippen molar-refractivity contribution < 1.29 is 24.5 Å². The van der Waals surface area contributed by atoms with E-state index in [4.69, 9.17) is 4.74 Å². The molecule has 0 aliphatic heterocycles. The Hall–Kier alpha value is -1.92.